The molecule has 1 heterocycles. The Balaban J connectivity index is 1.63. The fraction of sp³-hybridized carbons (Fsp3) is 0.333. The molecule has 3 rings (SSSR count). The van der Waals surface area contributed by atoms with Gasteiger partial charge >= 0.3 is 6.03 Å². The van der Waals surface area contributed by atoms with Gasteiger partial charge in [0, 0.05) is 37.4 Å². The summed E-state index contributed by atoms with van der Waals surface area (Å²) in [6, 6.07) is 15.3. The highest BCUT2D eigenvalue weighted by atomic mass is 16.2. The minimum absolute atomic E-state index is 0.0523. The molecule has 136 valence electrons. The third-order valence-corrected chi connectivity index (χ3v) is 4.72. The molecular weight excluding hydrogens is 326 g/mol. The minimum atomic E-state index is -0.114. The lowest BCUT2D eigenvalue weighted by Crippen LogP contribution is -2.39. The summed E-state index contributed by atoms with van der Waals surface area (Å²) >= 11 is 0. The molecule has 0 spiro atoms. The van der Waals surface area contributed by atoms with Crippen LogP contribution in [-0.4, -0.2) is 47.9 Å². The van der Waals surface area contributed by atoms with Gasteiger partial charge in [0.2, 0.25) is 0 Å². The van der Waals surface area contributed by atoms with E-state index in [4.69, 9.17) is 0 Å². The molecule has 0 aliphatic carbocycles. The normalized spacial score (nSPS) is 14.7. The number of nitrogens with one attached hydrogen (secondary N) is 1. The zero-order valence-corrected chi connectivity index (χ0v) is 15.4. The van der Waals surface area contributed by atoms with Crippen LogP contribution in [0.15, 0.2) is 48.5 Å². The number of aryl methyl sites for hydroxylation is 2. The average molecular weight is 351 g/mol. The fourth-order valence-electron chi connectivity index (χ4n) is 3.18. The Hall–Kier alpha value is -2.82. The van der Waals surface area contributed by atoms with E-state index in [-0.39, 0.29) is 11.9 Å². The van der Waals surface area contributed by atoms with Gasteiger partial charge in [-0.2, -0.15) is 0 Å². The van der Waals surface area contributed by atoms with Crippen molar-refractivity contribution in [2.45, 2.75) is 20.3 Å². The van der Waals surface area contributed by atoms with Gasteiger partial charge in [0.15, 0.2) is 0 Å². The van der Waals surface area contributed by atoms with Crippen molar-refractivity contribution in [1.82, 2.24) is 9.80 Å². The van der Waals surface area contributed by atoms with Crippen molar-refractivity contribution in [2.24, 2.45) is 0 Å². The van der Waals surface area contributed by atoms with E-state index >= 15 is 0 Å². The Kier molecular flexibility index (Phi) is 5.56. The molecule has 1 fully saturated rings. The molecule has 26 heavy (non-hydrogen) atoms. The van der Waals surface area contributed by atoms with Crippen molar-refractivity contribution in [3.63, 3.8) is 0 Å². The van der Waals surface area contributed by atoms with E-state index in [1.807, 2.05) is 67.3 Å². The molecule has 2 aromatic carbocycles. The van der Waals surface area contributed by atoms with E-state index < -0.39 is 0 Å². The van der Waals surface area contributed by atoms with Crippen LogP contribution in [0, 0.1) is 13.8 Å². The summed E-state index contributed by atoms with van der Waals surface area (Å²) in [5, 5.41) is 2.92. The first-order chi connectivity index (χ1) is 12.5. The summed E-state index contributed by atoms with van der Waals surface area (Å²) < 4.78 is 0. The van der Waals surface area contributed by atoms with Crippen molar-refractivity contribution in [3.8, 4) is 0 Å². The number of urea groups is 1. The average Bonchev–Trinajstić information content (AvgIpc) is 2.90. The van der Waals surface area contributed by atoms with E-state index in [1.165, 1.54) is 0 Å². The van der Waals surface area contributed by atoms with Crippen LogP contribution in [-0.2, 0) is 0 Å². The maximum Gasteiger partial charge on any atom is 0.321 e. The van der Waals surface area contributed by atoms with Gasteiger partial charge in [-0.15, -0.1) is 0 Å². The number of hydrogen-bond donors (Lipinski definition) is 1. The van der Waals surface area contributed by atoms with Crippen molar-refractivity contribution >= 4 is 17.6 Å². The summed E-state index contributed by atoms with van der Waals surface area (Å²) in [6.45, 7) is 6.36. The smallest absolute Gasteiger partial charge is 0.321 e. The van der Waals surface area contributed by atoms with Gasteiger partial charge in [0.05, 0.1) is 0 Å². The summed E-state index contributed by atoms with van der Waals surface area (Å²) in [4.78, 5) is 29.0. The van der Waals surface area contributed by atoms with Crippen LogP contribution in [0.3, 0.4) is 0 Å². The number of carbonyl (C=O) groups excluding carboxylic acids is 2. The topological polar surface area (TPSA) is 52.7 Å². The molecule has 0 saturated carbocycles. The highest BCUT2D eigenvalue weighted by Gasteiger charge is 2.23. The molecular formula is C21H25N3O2. The Labute approximate surface area is 154 Å². The lowest BCUT2D eigenvalue weighted by Gasteiger charge is -2.23. The maximum absolute atomic E-state index is 12.9. The number of rotatable bonds is 2. The van der Waals surface area contributed by atoms with Gasteiger partial charge in [-0.25, -0.2) is 4.79 Å². The van der Waals surface area contributed by atoms with E-state index in [1.54, 1.807) is 4.90 Å². The van der Waals surface area contributed by atoms with Gasteiger partial charge in [-0.3, -0.25) is 4.79 Å². The number of amides is 3. The Bertz CT molecular complexity index is 789. The molecule has 5 heteroatoms. The van der Waals surface area contributed by atoms with Gasteiger partial charge in [0.1, 0.15) is 0 Å². The molecule has 1 aliphatic rings. The van der Waals surface area contributed by atoms with Crippen LogP contribution in [0.25, 0.3) is 0 Å². The molecule has 2 aromatic rings. The van der Waals surface area contributed by atoms with Gasteiger partial charge in [-0.1, -0.05) is 35.9 Å². The van der Waals surface area contributed by atoms with Crippen molar-refractivity contribution in [1.29, 1.82) is 0 Å². The zero-order valence-electron chi connectivity index (χ0n) is 15.4. The van der Waals surface area contributed by atoms with Gasteiger partial charge < -0.3 is 15.1 Å². The summed E-state index contributed by atoms with van der Waals surface area (Å²) in [6.07, 6.45) is 0.777. The fourth-order valence-corrected chi connectivity index (χ4v) is 3.18. The number of anilines is 1. The lowest BCUT2D eigenvalue weighted by atomic mass is 10.0. The minimum Gasteiger partial charge on any atom is -0.337 e. The number of carbonyl (C=O) groups is 2. The standard InChI is InChI=1S/C21H25N3O2/c1-16-9-10-17(2)19(15-16)20(25)23-11-6-12-24(14-13-23)21(26)22-18-7-4-3-5-8-18/h3-5,7-10,15H,6,11-14H2,1-2H3,(H,22,26). The van der Waals surface area contributed by atoms with Crippen LogP contribution in [0.2, 0.25) is 0 Å². The number of benzene rings is 2. The van der Waals surface area contributed by atoms with Crippen molar-refractivity contribution in [2.75, 3.05) is 31.5 Å². The highest BCUT2D eigenvalue weighted by molar-refractivity contribution is 5.96. The van der Waals surface area contributed by atoms with E-state index in [0.29, 0.717) is 26.2 Å². The Morgan fingerprint density at radius 1 is 0.885 bits per heavy atom. The molecule has 1 saturated heterocycles. The predicted molar refractivity (Wildman–Crippen MR) is 103 cm³/mol. The lowest BCUT2D eigenvalue weighted by molar-refractivity contribution is 0.0762. The van der Waals surface area contributed by atoms with Crippen LogP contribution in [0.1, 0.15) is 27.9 Å². The second-order valence-corrected chi connectivity index (χ2v) is 6.75. The molecule has 0 atom stereocenters. The monoisotopic (exact) mass is 351 g/mol. The molecule has 5 nitrogen and oxygen atoms in total. The van der Waals surface area contributed by atoms with Crippen molar-refractivity contribution in [3.05, 3.63) is 65.2 Å². The van der Waals surface area contributed by atoms with Crippen LogP contribution in [0.4, 0.5) is 10.5 Å². The number of hydrogen-bond acceptors (Lipinski definition) is 2. The van der Waals surface area contributed by atoms with Gasteiger partial charge in [-0.05, 0) is 44.0 Å². The van der Waals surface area contributed by atoms with Crippen LogP contribution < -0.4 is 5.32 Å². The van der Waals surface area contributed by atoms with E-state index in [2.05, 4.69) is 5.32 Å². The number of para-hydroxylation sites is 1. The van der Waals surface area contributed by atoms with Crippen LogP contribution >= 0.6 is 0 Å². The molecule has 0 unspecified atom stereocenters. The van der Waals surface area contributed by atoms with Crippen molar-refractivity contribution < 1.29 is 9.59 Å². The first kappa shape index (κ1) is 18.0. The predicted octanol–water partition coefficient (Wildman–Crippen LogP) is 3.68. The maximum atomic E-state index is 12.9. The highest BCUT2D eigenvalue weighted by Crippen LogP contribution is 2.16. The molecule has 0 aromatic heterocycles. The van der Waals surface area contributed by atoms with Crippen LogP contribution in [0.5, 0.6) is 0 Å². The second kappa shape index (κ2) is 8.04. The summed E-state index contributed by atoms with van der Waals surface area (Å²) in [7, 11) is 0. The van der Waals surface area contributed by atoms with Gasteiger partial charge in [0.25, 0.3) is 5.91 Å². The molecule has 1 N–H and O–H groups in total. The molecule has 1 aliphatic heterocycles. The molecule has 0 bridgehead atoms. The molecule has 3 amide bonds. The zero-order chi connectivity index (χ0) is 18.5. The largest absolute Gasteiger partial charge is 0.337 e. The Morgan fingerprint density at radius 3 is 2.35 bits per heavy atom. The first-order valence-electron chi connectivity index (χ1n) is 9.02. The third-order valence-electron chi connectivity index (χ3n) is 4.72. The second-order valence-electron chi connectivity index (χ2n) is 6.75. The van der Waals surface area contributed by atoms with E-state index in [9.17, 15) is 9.59 Å². The SMILES string of the molecule is Cc1ccc(C)c(C(=O)N2CCCN(C(=O)Nc3ccccc3)CC2)c1. The third kappa shape index (κ3) is 4.23. The quantitative estimate of drug-likeness (QED) is 0.897. The summed E-state index contributed by atoms with van der Waals surface area (Å²) in [5.41, 5.74) is 3.61. The molecule has 0 radical (unpaired) electrons. The summed E-state index contributed by atoms with van der Waals surface area (Å²) in [5.74, 6) is 0.0523. The number of nitrogens with zero attached hydrogens (tertiary/aromatic N) is 2. The first-order valence-corrected chi connectivity index (χ1v) is 9.02. The van der Waals surface area contributed by atoms with E-state index in [0.717, 1.165) is 28.8 Å². The Morgan fingerprint density at radius 2 is 1.58 bits per heavy atom.